The second kappa shape index (κ2) is 7.06. The quantitative estimate of drug-likeness (QED) is 0.432. The Morgan fingerprint density at radius 2 is 2.03 bits per heavy atom. The molecule has 3 aromatic rings. The number of anilines is 1. The van der Waals surface area contributed by atoms with Gasteiger partial charge in [-0.05, 0) is 42.0 Å². The zero-order valence-electron chi connectivity index (χ0n) is 15.6. The number of aromatic nitrogens is 3. The van der Waals surface area contributed by atoms with Crippen LogP contribution in [0, 0.1) is 11.3 Å². The lowest BCUT2D eigenvalue weighted by Crippen LogP contribution is -2.16. The summed E-state index contributed by atoms with van der Waals surface area (Å²) in [4.78, 5) is 22.5. The first-order valence-corrected chi connectivity index (χ1v) is 9.97. The van der Waals surface area contributed by atoms with Crippen LogP contribution in [0.5, 0.6) is 0 Å². The zero-order valence-corrected chi connectivity index (χ0v) is 16.4. The molecule has 0 aliphatic carbocycles. The number of nitrogen functional groups attached to an aromatic ring is 1. The average molecular weight is 413 g/mol. The van der Waals surface area contributed by atoms with Crippen molar-refractivity contribution >= 4 is 17.0 Å². The van der Waals surface area contributed by atoms with Crippen molar-refractivity contribution in [1.82, 2.24) is 14.5 Å². The molecule has 0 saturated carbocycles. The van der Waals surface area contributed by atoms with E-state index in [2.05, 4.69) is 16.0 Å². The monoisotopic (exact) mass is 413 g/mol. The smallest absolute Gasteiger partial charge is 0.278 e. The lowest BCUT2D eigenvalue weighted by molar-refractivity contribution is 0.519. The maximum absolute atomic E-state index is 13.1. The van der Waals surface area contributed by atoms with E-state index < -0.39 is 0 Å². The molecule has 4 heterocycles. The zero-order chi connectivity index (χ0) is 20.7. The highest BCUT2D eigenvalue weighted by molar-refractivity contribution is 7.16. The summed E-state index contributed by atoms with van der Waals surface area (Å²) in [5.41, 5.74) is 8.96. The SMILES string of the molecule is N#Cc1ccc(-c2[nH]c(-c3ccc(N)cc3)cn3c(=O)c(Cc4ccco4)nc2-3)s1. The highest BCUT2D eigenvalue weighted by Crippen LogP contribution is 2.33. The molecular formula is C22H15N5O2S. The Morgan fingerprint density at radius 3 is 2.73 bits per heavy atom. The number of benzene rings is 1. The predicted octanol–water partition coefficient (Wildman–Crippen LogP) is 4.03. The Bertz CT molecular complexity index is 1400. The van der Waals surface area contributed by atoms with Crippen molar-refractivity contribution in [2.24, 2.45) is 0 Å². The molecule has 30 heavy (non-hydrogen) atoms. The number of nitrogens with two attached hydrogens (primary N) is 1. The summed E-state index contributed by atoms with van der Waals surface area (Å²) >= 11 is 1.34. The molecule has 0 unspecified atom stereocenters. The van der Waals surface area contributed by atoms with E-state index in [-0.39, 0.29) is 5.56 Å². The topological polar surface area (TPSA) is 114 Å². The third-order valence-corrected chi connectivity index (χ3v) is 5.79. The van der Waals surface area contributed by atoms with Crippen LogP contribution in [0.4, 0.5) is 5.69 Å². The van der Waals surface area contributed by atoms with E-state index in [0.29, 0.717) is 40.0 Å². The highest BCUT2D eigenvalue weighted by atomic mass is 32.1. The molecule has 0 fully saturated rings. The number of H-pyrrole nitrogens is 1. The maximum atomic E-state index is 13.1. The molecule has 5 rings (SSSR count). The molecular weight excluding hydrogens is 398 g/mol. The van der Waals surface area contributed by atoms with Crippen LogP contribution in [0.25, 0.3) is 27.6 Å². The number of nitrogens with zero attached hydrogens (tertiary/aromatic N) is 3. The van der Waals surface area contributed by atoms with E-state index in [9.17, 15) is 10.1 Å². The van der Waals surface area contributed by atoms with Crippen molar-refractivity contribution in [3.05, 3.63) is 87.7 Å². The first kappa shape index (κ1) is 18.0. The number of fused-ring (bicyclic) bond motifs is 1. The second-order valence-corrected chi connectivity index (χ2v) is 7.84. The Balaban J connectivity index is 1.73. The van der Waals surface area contributed by atoms with E-state index in [1.807, 2.05) is 24.3 Å². The van der Waals surface area contributed by atoms with Gasteiger partial charge in [0.1, 0.15) is 28.1 Å². The molecule has 0 bridgehead atoms. The molecule has 2 aliphatic rings. The fraction of sp³-hybridized carbons (Fsp3) is 0.0455. The Morgan fingerprint density at radius 1 is 1.20 bits per heavy atom. The van der Waals surface area contributed by atoms with Gasteiger partial charge >= 0.3 is 0 Å². The fourth-order valence-electron chi connectivity index (χ4n) is 3.32. The molecule has 2 aromatic heterocycles. The summed E-state index contributed by atoms with van der Waals surface area (Å²) in [5.74, 6) is 1.18. The van der Waals surface area contributed by atoms with Gasteiger partial charge in [-0.3, -0.25) is 9.36 Å². The molecule has 0 saturated heterocycles. The average Bonchev–Trinajstić information content (AvgIpc) is 3.50. The first-order valence-electron chi connectivity index (χ1n) is 9.15. The van der Waals surface area contributed by atoms with Crippen LogP contribution in [0.15, 0.2) is 70.2 Å². The van der Waals surface area contributed by atoms with Gasteiger partial charge in [0.25, 0.3) is 5.56 Å². The van der Waals surface area contributed by atoms with Gasteiger partial charge < -0.3 is 15.1 Å². The number of nitrogens with one attached hydrogen (secondary N) is 1. The van der Waals surface area contributed by atoms with Gasteiger partial charge in [-0.2, -0.15) is 5.26 Å². The van der Waals surface area contributed by atoms with E-state index in [4.69, 9.17) is 10.2 Å². The van der Waals surface area contributed by atoms with Crippen molar-refractivity contribution < 1.29 is 4.42 Å². The number of thiophene rings is 1. The van der Waals surface area contributed by atoms with Gasteiger partial charge in [-0.15, -0.1) is 11.3 Å². The Kier molecular flexibility index (Phi) is 4.23. The largest absolute Gasteiger partial charge is 0.469 e. The summed E-state index contributed by atoms with van der Waals surface area (Å²) in [6.45, 7) is 0. The molecule has 0 amide bonds. The van der Waals surface area contributed by atoms with Crippen molar-refractivity contribution in [2.75, 3.05) is 5.73 Å². The Labute approximate surface area is 175 Å². The minimum absolute atomic E-state index is 0.203. The van der Waals surface area contributed by atoms with Crippen LogP contribution in [-0.4, -0.2) is 14.5 Å². The number of imidazole rings is 1. The van der Waals surface area contributed by atoms with E-state index in [1.165, 1.54) is 11.3 Å². The number of rotatable bonds is 4. The number of nitriles is 1. The summed E-state index contributed by atoms with van der Waals surface area (Å²) in [6, 6.07) is 16.7. The number of hydrogen-bond acceptors (Lipinski definition) is 6. The highest BCUT2D eigenvalue weighted by Gasteiger charge is 2.22. The molecule has 0 spiro atoms. The summed E-state index contributed by atoms with van der Waals surface area (Å²) in [5, 5.41) is 9.22. The van der Waals surface area contributed by atoms with Crippen molar-refractivity contribution in [3.63, 3.8) is 0 Å². The normalized spacial score (nSPS) is 11.0. The maximum Gasteiger partial charge on any atom is 0.278 e. The Hall–Kier alpha value is -4.09. The van der Waals surface area contributed by atoms with Gasteiger partial charge in [0.15, 0.2) is 5.82 Å². The number of aromatic amines is 1. The molecule has 0 radical (unpaired) electrons. The van der Waals surface area contributed by atoms with Crippen molar-refractivity contribution in [1.29, 1.82) is 5.26 Å². The van der Waals surface area contributed by atoms with E-state index in [1.54, 1.807) is 41.3 Å². The molecule has 2 aliphatic heterocycles. The summed E-state index contributed by atoms with van der Waals surface area (Å²) in [7, 11) is 0. The third kappa shape index (κ3) is 3.07. The van der Waals surface area contributed by atoms with Crippen LogP contribution < -0.4 is 11.3 Å². The summed E-state index contributed by atoms with van der Waals surface area (Å²) < 4.78 is 6.93. The van der Waals surface area contributed by atoms with Crippen LogP contribution in [0.2, 0.25) is 0 Å². The van der Waals surface area contributed by atoms with E-state index >= 15 is 0 Å². The van der Waals surface area contributed by atoms with Gasteiger partial charge in [-0.25, -0.2) is 4.98 Å². The second-order valence-electron chi connectivity index (χ2n) is 6.75. The molecule has 7 nitrogen and oxygen atoms in total. The van der Waals surface area contributed by atoms with Gasteiger partial charge in [-0.1, -0.05) is 12.1 Å². The fourth-order valence-corrected chi connectivity index (χ4v) is 4.12. The molecule has 8 heteroatoms. The van der Waals surface area contributed by atoms with Gasteiger partial charge in [0.2, 0.25) is 0 Å². The minimum Gasteiger partial charge on any atom is -0.469 e. The first-order chi connectivity index (χ1) is 14.6. The lowest BCUT2D eigenvalue weighted by Gasteiger charge is -2.12. The van der Waals surface area contributed by atoms with Gasteiger partial charge in [0, 0.05) is 11.9 Å². The van der Waals surface area contributed by atoms with Crippen LogP contribution in [0.3, 0.4) is 0 Å². The molecule has 1 aromatic carbocycles. The van der Waals surface area contributed by atoms with E-state index in [0.717, 1.165) is 16.1 Å². The number of furan rings is 1. The molecule has 146 valence electrons. The van der Waals surface area contributed by atoms with Crippen molar-refractivity contribution in [2.45, 2.75) is 6.42 Å². The standard InChI is InChI=1S/C22H15N5O2S/c23-11-16-7-8-19(30-16)20-21-26-17(10-15-2-1-9-29-15)22(28)27(21)12-18(25-20)13-3-5-14(24)6-4-13/h1-9,12,25H,10,24H2. The van der Waals surface area contributed by atoms with Crippen LogP contribution in [-0.2, 0) is 6.42 Å². The van der Waals surface area contributed by atoms with Crippen LogP contribution in [0.1, 0.15) is 16.3 Å². The minimum atomic E-state index is -0.203. The lowest BCUT2D eigenvalue weighted by atomic mass is 10.1. The third-order valence-electron chi connectivity index (χ3n) is 4.78. The number of hydrogen-bond donors (Lipinski definition) is 2. The van der Waals surface area contributed by atoms with Crippen LogP contribution >= 0.6 is 11.3 Å². The molecule has 0 atom stereocenters. The summed E-state index contributed by atoms with van der Waals surface area (Å²) in [6.07, 6.45) is 3.62. The predicted molar refractivity (Wildman–Crippen MR) is 115 cm³/mol. The molecule has 3 N–H and O–H groups in total. The van der Waals surface area contributed by atoms with Gasteiger partial charge in [0.05, 0.1) is 23.3 Å². The van der Waals surface area contributed by atoms with Crippen molar-refractivity contribution in [3.8, 4) is 33.7 Å².